The molecule has 1 N–H and O–H groups in total. The highest BCUT2D eigenvalue weighted by atomic mass is 16.5. The third-order valence-electron chi connectivity index (χ3n) is 4.54. The van der Waals surface area contributed by atoms with E-state index in [0.29, 0.717) is 31.4 Å². The number of hydrogen-bond donors (Lipinski definition) is 1. The van der Waals surface area contributed by atoms with Crippen molar-refractivity contribution in [3.8, 4) is 0 Å². The number of nitrogens with zero attached hydrogens (tertiary/aromatic N) is 2. The maximum absolute atomic E-state index is 12.8. The summed E-state index contributed by atoms with van der Waals surface area (Å²) in [4.78, 5) is 12.8. The van der Waals surface area contributed by atoms with Crippen LogP contribution in [0.15, 0.2) is 30.3 Å². The standard InChI is InChI=1S/C21H29N3O2/c1-5-26-14-16-8-6-15(7-9-16)13-22-20(25)19-12-18(17-10-11-17)23-24(19)21(2,3)4/h6-9,12,17H,5,10-11,13-14H2,1-4H3,(H,22,25). The average molecular weight is 355 g/mol. The number of benzene rings is 1. The van der Waals surface area contributed by atoms with Gasteiger partial charge in [-0.05, 0) is 57.7 Å². The van der Waals surface area contributed by atoms with Gasteiger partial charge in [0.05, 0.1) is 17.8 Å². The third-order valence-corrected chi connectivity index (χ3v) is 4.54. The maximum Gasteiger partial charge on any atom is 0.269 e. The monoisotopic (exact) mass is 355 g/mol. The van der Waals surface area contributed by atoms with Crippen molar-refractivity contribution in [1.29, 1.82) is 0 Å². The number of amides is 1. The molecule has 5 heteroatoms. The number of aromatic nitrogens is 2. The molecule has 0 spiro atoms. The van der Waals surface area contributed by atoms with Crippen LogP contribution >= 0.6 is 0 Å². The topological polar surface area (TPSA) is 56.1 Å². The van der Waals surface area contributed by atoms with Crippen molar-refractivity contribution in [1.82, 2.24) is 15.1 Å². The van der Waals surface area contributed by atoms with Crippen LogP contribution in [-0.4, -0.2) is 22.3 Å². The Morgan fingerprint density at radius 3 is 2.46 bits per heavy atom. The maximum atomic E-state index is 12.8. The van der Waals surface area contributed by atoms with Gasteiger partial charge in [-0.3, -0.25) is 9.48 Å². The van der Waals surface area contributed by atoms with Crippen molar-refractivity contribution >= 4 is 5.91 Å². The van der Waals surface area contributed by atoms with Crippen LogP contribution in [0.1, 0.15) is 73.8 Å². The fraction of sp³-hybridized carbons (Fsp3) is 0.524. The SMILES string of the molecule is CCOCc1ccc(CNC(=O)c2cc(C3CC3)nn2C(C)(C)C)cc1. The van der Waals surface area contributed by atoms with Crippen LogP contribution in [-0.2, 0) is 23.4 Å². The van der Waals surface area contributed by atoms with Crippen LogP contribution in [0.25, 0.3) is 0 Å². The molecule has 2 aromatic rings. The zero-order chi connectivity index (χ0) is 18.7. The van der Waals surface area contributed by atoms with E-state index in [1.807, 2.05) is 41.9 Å². The van der Waals surface area contributed by atoms with E-state index >= 15 is 0 Å². The van der Waals surface area contributed by atoms with E-state index in [1.54, 1.807) is 0 Å². The molecule has 0 saturated heterocycles. The summed E-state index contributed by atoms with van der Waals surface area (Å²) in [7, 11) is 0. The van der Waals surface area contributed by atoms with Crippen LogP contribution in [0, 0.1) is 0 Å². The highest BCUT2D eigenvalue weighted by Crippen LogP contribution is 2.40. The Labute approximate surface area is 155 Å². The lowest BCUT2D eigenvalue weighted by atomic mass is 10.1. The Bertz CT molecular complexity index is 753. The summed E-state index contributed by atoms with van der Waals surface area (Å²) < 4.78 is 7.27. The molecular weight excluding hydrogens is 326 g/mol. The molecular formula is C21H29N3O2. The minimum Gasteiger partial charge on any atom is -0.377 e. The van der Waals surface area contributed by atoms with E-state index in [0.717, 1.165) is 16.8 Å². The fourth-order valence-corrected chi connectivity index (χ4v) is 2.90. The van der Waals surface area contributed by atoms with E-state index in [-0.39, 0.29) is 11.4 Å². The second kappa shape index (κ2) is 7.62. The normalized spacial score (nSPS) is 14.5. The molecule has 1 heterocycles. The minimum absolute atomic E-state index is 0.0716. The van der Waals surface area contributed by atoms with Crippen LogP contribution in [0.5, 0.6) is 0 Å². The van der Waals surface area contributed by atoms with Crippen molar-refractivity contribution in [3.63, 3.8) is 0 Å². The zero-order valence-corrected chi connectivity index (χ0v) is 16.2. The van der Waals surface area contributed by atoms with Gasteiger partial charge < -0.3 is 10.1 Å². The molecule has 0 atom stereocenters. The largest absolute Gasteiger partial charge is 0.377 e. The molecule has 1 amide bonds. The Hall–Kier alpha value is -2.14. The first-order chi connectivity index (χ1) is 12.4. The first-order valence-electron chi connectivity index (χ1n) is 9.42. The number of carbonyl (C=O) groups excluding carboxylic acids is 1. The van der Waals surface area contributed by atoms with E-state index in [9.17, 15) is 4.79 Å². The van der Waals surface area contributed by atoms with E-state index in [2.05, 4.69) is 26.1 Å². The van der Waals surface area contributed by atoms with Crippen LogP contribution in [0.4, 0.5) is 0 Å². The lowest BCUT2D eigenvalue weighted by molar-refractivity contribution is 0.0932. The van der Waals surface area contributed by atoms with Gasteiger partial charge >= 0.3 is 0 Å². The molecule has 0 bridgehead atoms. The summed E-state index contributed by atoms with van der Waals surface area (Å²) in [5, 5.41) is 7.73. The van der Waals surface area contributed by atoms with Gasteiger partial charge in [0.1, 0.15) is 5.69 Å². The quantitative estimate of drug-likeness (QED) is 0.817. The van der Waals surface area contributed by atoms with Crippen LogP contribution < -0.4 is 5.32 Å². The first kappa shape index (κ1) is 18.6. The molecule has 3 rings (SSSR count). The highest BCUT2D eigenvalue weighted by molar-refractivity contribution is 5.92. The number of nitrogens with one attached hydrogen (secondary N) is 1. The predicted octanol–water partition coefficient (Wildman–Crippen LogP) is 3.98. The molecule has 5 nitrogen and oxygen atoms in total. The summed E-state index contributed by atoms with van der Waals surface area (Å²) in [5.74, 6) is 0.459. The molecule has 26 heavy (non-hydrogen) atoms. The second-order valence-electron chi connectivity index (χ2n) is 7.95. The van der Waals surface area contributed by atoms with Crippen molar-refractivity contribution in [2.75, 3.05) is 6.61 Å². The van der Waals surface area contributed by atoms with Gasteiger partial charge in [0.15, 0.2) is 0 Å². The van der Waals surface area contributed by atoms with Gasteiger partial charge in [-0.2, -0.15) is 5.10 Å². The molecule has 1 aliphatic carbocycles. The first-order valence-corrected chi connectivity index (χ1v) is 9.42. The zero-order valence-electron chi connectivity index (χ0n) is 16.2. The van der Waals surface area contributed by atoms with Gasteiger partial charge in [0.2, 0.25) is 0 Å². The van der Waals surface area contributed by atoms with Crippen molar-refractivity contribution in [2.45, 2.75) is 65.1 Å². The molecule has 1 saturated carbocycles. The van der Waals surface area contributed by atoms with Crippen LogP contribution in [0.2, 0.25) is 0 Å². The highest BCUT2D eigenvalue weighted by Gasteiger charge is 2.31. The summed E-state index contributed by atoms with van der Waals surface area (Å²) in [6, 6.07) is 10.1. The van der Waals surface area contributed by atoms with Gasteiger partial charge in [-0.1, -0.05) is 24.3 Å². The van der Waals surface area contributed by atoms with Gasteiger partial charge in [0, 0.05) is 19.1 Å². The molecule has 1 aromatic heterocycles. The lowest BCUT2D eigenvalue weighted by Gasteiger charge is -2.22. The third kappa shape index (κ3) is 4.52. The minimum atomic E-state index is -0.221. The number of carbonyl (C=O) groups is 1. The summed E-state index contributed by atoms with van der Waals surface area (Å²) in [6.45, 7) is 10.0. The number of rotatable bonds is 7. The van der Waals surface area contributed by atoms with Gasteiger partial charge in [-0.25, -0.2) is 0 Å². The molecule has 140 valence electrons. The average Bonchev–Trinajstić information content (AvgIpc) is 3.35. The molecule has 1 aliphatic rings. The lowest BCUT2D eigenvalue weighted by Crippen LogP contribution is -2.32. The van der Waals surface area contributed by atoms with Crippen molar-refractivity contribution < 1.29 is 9.53 Å². The van der Waals surface area contributed by atoms with Crippen LogP contribution in [0.3, 0.4) is 0 Å². The van der Waals surface area contributed by atoms with E-state index in [4.69, 9.17) is 9.84 Å². The number of ether oxygens (including phenoxy) is 1. The molecule has 1 fully saturated rings. The molecule has 0 radical (unpaired) electrons. The van der Waals surface area contributed by atoms with Gasteiger partial charge in [0.25, 0.3) is 5.91 Å². The van der Waals surface area contributed by atoms with Gasteiger partial charge in [-0.15, -0.1) is 0 Å². The Kier molecular flexibility index (Phi) is 5.47. The van der Waals surface area contributed by atoms with Crippen molar-refractivity contribution in [2.24, 2.45) is 0 Å². The summed E-state index contributed by atoms with van der Waals surface area (Å²) >= 11 is 0. The summed E-state index contributed by atoms with van der Waals surface area (Å²) in [6.07, 6.45) is 2.35. The molecule has 1 aromatic carbocycles. The number of hydrogen-bond acceptors (Lipinski definition) is 3. The van der Waals surface area contributed by atoms with Crippen molar-refractivity contribution in [3.05, 3.63) is 52.8 Å². The fourth-order valence-electron chi connectivity index (χ4n) is 2.90. The Balaban J connectivity index is 1.66. The van der Waals surface area contributed by atoms with E-state index < -0.39 is 0 Å². The molecule has 0 aliphatic heterocycles. The predicted molar refractivity (Wildman–Crippen MR) is 102 cm³/mol. The van der Waals surface area contributed by atoms with E-state index in [1.165, 1.54) is 12.8 Å². The Morgan fingerprint density at radius 1 is 1.23 bits per heavy atom. The smallest absolute Gasteiger partial charge is 0.269 e. The second-order valence-corrected chi connectivity index (χ2v) is 7.95. The molecule has 0 unspecified atom stereocenters. The Morgan fingerprint density at radius 2 is 1.88 bits per heavy atom. The summed E-state index contributed by atoms with van der Waals surface area (Å²) in [5.41, 5.74) is 3.68.